The van der Waals surface area contributed by atoms with Crippen molar-refractivity contribution in [2.24, 2.45) is 10.4 Å². The molecule has 0 rings (SSSR count). The van der Waals surface area contributed by atoms with Crippen molar-refractivity contribution in [1.29, 1.82) is 0 Å². The number of aliphatic imine (C=N–C) groups is 1. The summed E-state index contributed by atoms with van der Waals surface area (Å²) in [5.41, 5.74) is 0.378. The predicted octanol–water partition coefficient (Wildman–Crippen LogP) is 3.12. The molecule has 0 fully saturated rings. The first-order valence-electron chi connectivity index (χ1n) is 7.00. The summed E-state index contributed by atoms with van der Waals surface area (Å²) in [5.74, 6) is 2.20. The second-order valence-electron chi connectivity index (χ2n) is 5.70. The Morgan fingerprint density at radius 2 is 1.89 bits per heavy atom. The fourth-order valence-corrected chi connectivity index (χ4v) is 1.94. The minimum absolute atomic E-state index is 0.378. The van der Waals surface area contributed by atoms with Crippen molar-refractivity contribution in [1.82, 2.24) is 10.6 Å². The number of nitrogens with one attached hydrogen (secondary N) is 2. The van der Waals surface area contributed by atoms with Gasteiger partial charge in [-0.1, -0.05) is 20.8 Å². The molecular formula is C14H31N3S. The maximum atomic E-state index is 4.59. The Labute approximate surface area is 118 Å². The highest BCUT2D eigenvalue weighted by Gasteiger charge is 2.09. The molecule has 18 heavy (non-hydrogen) atoms. The molecule has 0 heterocycles. The van der Waals surface area contributed by atoms with Crippen LogP contribution in [0.1, 0.15) is 47.0 Å². The van der Waals surface area contributed by atoms with E-state index in [9.17, 15) is 0 Å². The third-order valence-electron chi connectivity index (χ3n) is 2.54. The molecule has 0 bridgehead atoms. The molecule has 0 saturated carbocycles. The Balaban J connectivity index is 3.86. The zero-order valence-electron chi connectivity index (χ0n) is 12.8. The molecule has 2 N–H and O–H groups in total. The van der Waals surface area contributed by atoms with Gasteiger partial charge in [-0.3, -0.25) is 4.99 Å². The molecule has 0 spiro atoms. The van der Waals surface area contributed by atoms with Crippen LogP contribution in [-0.2, 0) is 0 Å². The zero-order chi connectivity index (χ0) is 13.9. The maximum absolute atomic E-state index is 4.59. The number of guanidine groups is 1. The van der Waals surface area contributed by atoms with Crippen LogP contribution < -0.4 is 10.6 Å². The molecule has 0 aliphatic heterocycles. The topological polar surface area (TPSA) is 36.4 Å². The van der Waals surface area contributed by atoms with Crippen molar-refractivity contribution >= 4 is 17.7 Å². The minimum Gasteiger partial charge on any atom is -0.357 e. The third-order valence-corrected chi connectivity index (χ3v) is 3.24. The van der Waals surface area contributed by atoms with Crippen molar-refractivity contribution in [3.05, 3.63) is 0 Å². The van der Waals surface area contributed by atoms with Crippen LogP contribution in [0.15, 0.2) is 4.99 Å². The summed E-state index contributed by atoms with van der Waals surface area (Å²) in [5, 5.41) is 6.70. The molecule has 0 aliphatic carbocycles. The average molecular weight is 273 g/mol. The molecule has 3 nitrogen and oxygen atoms in total. The lowest BCUT2D eigenvalue weighted by Crippen LogP contribution is -2.38. The van der Waals surface area contributed by atoms with Gasteiger partial charge in [0.25, 0.3) is 0 Å². The lowest BCUT2D eigenvalue weighted by atomic mass is 9.92. The van der Waals surface area contributed by atoms with Gasteiger partial charge in [0.1, 0.15) is 0 Å². The van der Waals surface area contributed by atoms with Crippen LogP contribution in [0.2, 0.25) is 0 Å². The summed E-state index contributed by atoms with van der Waals surface area (Å²) >= 11 is 1.91. The van der Waals surface area contributed by atoms with Gasteiger partial charge in [0.05, 0.1) is 0 Å². The van der Waals surface area contributed by atoms with E-state index in [1.807, 2.05) is 11.8 Å². The summed E-state index contributed by atoms with van der Waals surface area (Å²) < 4.78 is 0. The highest BCUT2D eigenvalue weighted by molar-refractivity contribution is 7.98. The molecule has 0 unspecified atom stereocenters. The van der Waals surface area contributed by atoms with Crippen molar-refractivity contribution in [3.8, 4) is 0 Å². The van der Waals surface area contributed by atoms with Gasteiger partial charge < -0.3 is 10.6 Å². The highest BCUT2D eigenvalue weighted by atomic mass is 32.2. The standard InChI is InChI=1S/C14H31N3S/c1-6-15-13(16-10-7-8-12-18-5)17-11-9-14(2,3)4/h6-12H2,1-5H3,(H2,15,16,17). The summed E-state index contributed by atoms with van der Waals surface area (Å²) in [6.45, 7) is 11.7. The molecule has 0 aromatic heterocycles. The van der Waals surface area contributed by atoms with Gasteiger partial charge in [-0.05, 0) is 43.6 Å². The van der Waals surface area contributed by atoms with Gasteiger partial charge in [-0.25, -0.2) is 0 Å². The number of hydrogen-bond acceptors (Lipinski definition) is 2. The Hall–Kier alpha value is -0.380. The monoisotopic (exact) mass is 273 g/mol. The Morgan fingerprint density at radius 3 is 2.44 bits per heavy atom. The van der Waals surface area contributed by atoms with Gasteiger partial charge in [0.15, 0.2) is 5.96 Å². The highest BCUT2D eigenvalue weighted by Crippen LogP contribution is 2.16. The molecule has 0 aromatic carbocycles. The largest absolute Gasteiger partial charge is 0.357 e. The van der Waals surface area contributed by atoms with E-state index in [0.29, 0.717) is 5.41 Å². The molecule has 108 valence electrons. The maximum Gasteiger partial charge on any atom is 0.191 e. The van der Waals surface area contributed by atoms with E-state index >= 15 is 0 Å². The van der Waals surface area contributed by atoms with Crippen LogP contribution in [-0.4, -0.2) is 37.6 Å². The average Bonchev–Trinajstić information content (AvgIpc) is 2.27. The summed E-state index contributed by atoms with van der Waals surface area (Å²) in [6, 6.07) is 0. The molecule has 0 atom stereocenters. The van der Waals surface area contributed by atoms with E-state index in [1.165, 1.54) is 18.6 Å². The SMILES string of the molecule is CCNC(=NCCCCSC)NCCC(C)(C)C. The van der Waals surface area contributed by atoms with Crippen LogP contribution in [0.5, 0.6) is 0 Å². The lowest BCUT2D eigenvalue weighted by Gasteiger charge is -2.19. The number of unbranched alkanes of at least 4 members (excludes halogenated alkanes) is 1. The lowest BCUT2D eigenvalue weighted by molar-refractivity contribution is 0.377. The molecule has 0 radical (unpaired) electrons. The Bertz CT molecular complexity index is 222. The van der Waals surface area contributed by atoms with Gasteiger partial charge >= 0.3 is 0 Å². The molecule has 0 aromatic rings. The first-order chi connectivity index (χ1) is 8.49. The second-order valence-corrected chi connectivity index (χ2v) is 6.68. The first-order valence-corrected chi connectivity index (χ1v) is 8.40. The number of rotatable bonds is 8. The van der Waals surface area contributed by atoms with E-state index in [0.717, 1.165) is 32.0 Å². The van der Waals surface area contributed by atoms with Gasteiger partial charge in [0.2, 0.25) is 0 Å². The molecule has 4 heteroatoms. The van der Waals surface area contributed by atoms with Crippen molar-refractivity contribution in [2.45, 2.75) is 47.0 Å². The summed E-state index contributed by atoms with van der Waals surface area (Å²) in [4.78, 5) is 4.59. The van der Waals surface area contributed by atoms with E-state index < -0.39 is 0 Å². The van der Waals surface area contributed by atoms with E-state index in [1.54, 1.807) is 0 Å². The van der Waals surface area contributed by atoms with Crippen molar-refractivity contribution < 1.29 is 0 Å². The molecule has 0 saturated heterocycles. The van der Waals surface area contributed by atoms with Crippen LogP contribution in [0, 0.1) is 5.41 Å². The Kier molecular flexibility index (Phi) is 10.3. The quantitative estimate of drug-likeness (QED) is 0.405. The van der Waals surface area contributed by atoms with Gasteiger partial charge in [0, 0.05) is 19.6 Å². The summed E-state index contributed by atoms with van der Waals surface area (Å²) in [7, 11) is 0. The number of hydrogen-bond donors (Lipinski definition) is 2. The second kappa shape index (κ2) is 10.5. The normalized spacial score (nSPS) is 12.6. The molecule has 0 amide bonds. The predicted molar refractivity (Wildman–Crippen MR) is 85.7 cm³/mol. The Morgan fingerprint density at radius 1 is 1.17 bits per heavy atom. The number of nitrogens with zero attached hydrogens (tertiary/aromatic N) is 1. The van der Waals surface area contributed by atoms with E-state index in [-0.39, 0.29) is 0 Å². The zero-order valence-corrected chi connectivity index (χ0v) is 13.6. The van der Waals surface area contributed by atoms with Gasteiger partial charge in [-0.15, -0.1) is 0 Å². The fraction of sp³-hybridized carbons (Fsp3) is 0.929. The van der Waals surface area contributed by atoms with Gasteiger partial charge in [-0.2, -0.15) is 11.8 Å². The van der Waals surface area contributed by atoms with E-state index in [4.69, 9.17) is 0 Å². The third kappa shape index (κ3) is 12.1. The molecular weight excluding hydrogens is 242 g/mol. The van der Waals surface area contributed by atoms with Crippen LogP contribution in [0.4, 0.5) is 0 Å². The minimum atomic E-state index is 0.378. The van der Waals surface area contributed by atoms with Crippen molar-refractivity contribution in [2.75, 3.05) is 31.6 Å². The first kappa shape index (κ1) is 17.6. The van der Waals surface area contributed by atoms with E-state index in [2.05, 4.69) is 49.6 Å². The van der Waals surface area contributed by atoms with Crippen molar-refractivity contribution in [3.63, 3.8) is 0 Å². The molecule has 0 aliphatic rings. The fourth-order valence-electron chi connectivity index (χ4n) is 1.45. The van der Waals surface area contributed by atoms with Crippen LogP contribution >= 0.6 is 11.8 Å². The summed E-state index contributed by atoms with van der Waals surface area (Å²) in [6.07, 6.45) is 5.74. The number of thioether (sulfide) groups is 1. The van der Waals surface area contributed by atoms with Crippen LogP contribution in [0.3, 0.4) is 0 Å². The smallest absolute Gasteiger partial charge is 0.191 e. The van der Waals surface area contributed by atoms with Crippen LogP contribution in [0.25, 0.3) is 0 Å².